The molecule has 1 aliphatic heterocycles. The molecule has 2 heterocycles. The Bertz CT molecular complexity index is 678. The number of hydrogen-bond donors (Lipinski definition) is 2. The van der Waals surface area contributed by atoms with Crippen molar-refractivity contribution in [3.63, 3.8) is 0 Å². The second kappa shape index (κ2) is 7.53. The molecular weight excluding hydrogens is 314 g/mol. The first-order chi connectivity index (χ1) is 11.7. The SMILES string of the molecule is OCC1CCCN1c1cc(NCCc2cc(F)cc(F)c2)ncn1. The molecule has 1 saturated heterocycles. The predicted octanol–water partition coefficient (Wildman–Crippen LogP) is 2.37. The molecule has 0 aliphatic carbocycles. The third-order valence-corrected chi connectivity index (χ3v) is 4.18. The van der Waals surface area contributed by atoms with Crippen LogP contribution in [0.4, 0.5) is 20.4 Å². The fourth-order valence-corrected chi connectivity index (χ4v) is 3.02. The lowest BCUT2D eigenvalue weighted by molar-refractivity contribution is 0.266. The summed E-state index contributed by atoms with van der Waals surface area (Å²) >= 11 is 0. The average Bonchev–Trinajstić information content (AvgIpc) is 3.03. The van der Waals surface area contributed by atoms with E-state index in [2.05, 4.69) is 20.2 Å². The number of anilines is 2. The van der Waals surface area contributed by atoms with Gasteiger partial charge < -0.3 is 15.3 Å². The van der Waals surface area contributed by atoms with Crippen LogP contribution in [0.15, 0.2) is 30.6 Å². The molecule has 1 unspecified atom stereocenters. The number of aromatic nitrogens is 2. The highest BCUT2D eigenvalue weighted by atomic mass is 19.1. The number of aliphatic hydroxyl groups excluding tert-OH is 1. The van der Waals surface area contributed by atoms with E-state index in [9.17, 15) is 13.9 Å². The number of nitrogens with zero attached hydrogens (tertiary/aromatic N) is 3. The van der Waals surface area contributed by atoms with Crippen molar-refractivity contribution in [2.24, 2.45) is 0 Å². The van der Waals surface area contributed by atoms with Crippen LogP contribution in [0.5, 0.6) is 0 Å². The fourth-order valence-electron chi connectivity index (χ4n) is 3.02. The maximum Gasteiger partial charge on any atom is 0.134 e. The van der Waals surface area contributed by atoms with Crippen molar-refractivity contribution in [3.8, 4) is 0 Å². The van der Waals surface area contributed by atoms with Crippen LogP contribution in [0.1, 0.15) is 18.4 Å². The molecule has 1 fully saturated rings. The highest BCUT2D eigenvalue weighted by Gasteiger charge is 2.25. The second-order valence-electron chi connectivity index (χ2n) is 5.89. The molecule has 1 aromatic heterocycles. The number of benzene rings is 1. The van der Waals surface area contributed by atoms with Gasteiger partial charge in [0.25, 0.3) is 0 Å². The van der Waals surface area contributed by atoms with Gasteiger partial charge in [-0.25, -0.2) is 18.7 Å². The highest BCUT2D eigenvalue weighted by Crippen LogP contribution is 2.24. The summed E-state index contributed by atoms with van der Waals surface area (Å²) < 4.78 is 26.3. The van der Waals surface area contributed by atoms with Gasteiger partial charge in [-0.2, -0.15) is 0 Å². The zero-order chi connectivity index (χ0) is 16.9. The van der Waals surface area contributed by atoms with Gasteiger partial charge >= 0.3 is 0 Å². The summed E-state index contributed by atoms with van der Waals surface area (Å²) in [4.78, 5) is 10.5. The van der Waals surface area contributed by atoms with E-state index in [1.807, 2.05) is 6.07 Å². The predicted molar refractivity (Wildman–Crippen MR) is 88.0 cm³/mol. The van der Waals surface area contributed by atoms with Crippen LogP contribution < -0.4 is 10.2 Å². The maximum atomic E-state index is 13.2. The number of hydrogen-bond acceptors (Lipinski definition) is 5. The van der Waals surface area contributed by atoms with Crippen molar-refractivity contribution in [3.05, 3.63) is 47.8 Å². The van der Waals surface area contributed by atoms with Crippen molar-refractivity contribution in [1.29, 1.82) is 0 Å². The lowest BCUT2D eigenvalue weighted by atomic mass is 10.1. The van der Waals surface area contributed by atoms with Gasteiger partial charge in [-0.05, 0) is 37.0 Å². The van der Waals surface area contributed by atoms with Gasteiger partial charge in [0.15, 0.2) is 0 Å². The molecule has 1 aromatic carbocycles. The second-order valence-corrected chi connectivity index (χ2v) is 5.89. The van der Waals surface area contributed by atoms with Crippen LogP contribution >= 0.6 is 0 Å². The summed E-state index contributed by atoms with van der Waals surface area (Å²) in [5.74, 6) is 0.290. The average molecular weight is 334 g/mol. The third-order valence-electron chi connectivity index (χ3n) is 4.18. The largest absolute Gasteiger partial charge is 0.394 e. The summed E-state index contributed by atoms with van der Waals surface area (Å²) in [7, 11) is 0. The Morgan fingerprint density at radius 3 is 2.71 bits per heavy atom. The molecular formula is C17H20F2N4O. The van der Waals surface area contributed by atoms with E-state index in [0.717, 1.165) is 31.3 Å². The molecule has 7 heteroatoms. The normalized spacial score (nSPS) is 17.3. The minimum atomic E-state index is -0.571. The Morgan fingerprint density at radius 2 is 1.96 bits per heavy atom. The summed E-state index contributed by atoms with van der Waals surface area (Å²) in [5.41, 5.74) is 0.592. The summed E-state index contributed by atoms with van der Waals surface area (Å²) in [5, 5.41) is 12.6. The lowest BCUT2D eigenvalue weighted by Gasteiger charge is -2.24. The Labute approximate surface area is 139 Å². The third kappa shape index (κ3) is 3.97. The van der Waals surface area contributed by atoms with Gasteiger partial charge in [0.05, 0.1) is 12.6 Å². The van der Waals surface area contributed by atoms with Crippen molar-refractivity contribution >= 4 is 11.6 Å². The van der Waals surface area contributed by atoms with Crippen LogP contribution in [0.2, 0.25) is 0 Å². The first kappa shape index (κ1) is 16.6. The zero-order valence-electron chi connectivity index (χ0n) is 13.3. The lowest BCUT2D eigenvalue weighted by Crippen LogP contribution is -2.32. The molecule has 0 spiro atoms. The smallest absolute Gasteiger partial charge is 0.134 e. The van der Waals surface area contributed by atoms with Crippen molar-refractivity contribution in [1.82, 2.24) is 9.97 Å². The summed E-state index contributed by atoms with van der Waals surface area (Å²) in [6.07, 6.45) is 3.95. The maximum absolute atomic E-state index is 13.2. The van der Waals surface area contributed by atoms with Crippen molar-refractivity contribution in [2.75, 3.05) is 29.9 Å². The van der Waals surface area contributed by atoms with Crippen LogP contribution in [-0.4, -0.2) is 40.8 Å². The number of halogens is 2. The molecule has 5 nitrogen and oxygen atoms in total. The van der Waals surface area contributed by atoms with E-state index in [1.165, 1.54) is 18.5 Å². The molecule has 1 atom stereocenters. The molecule has 2 aromatic rings. The molecule has 1 aliphatic rings. The molecule has 0 saturated carbocycles. The Kier molecular flexibility index (Phi) is 5.20. The monoisotopic (exact) mass is 334 g/mol. The van der Waals surface area contributed by atoms with Gasteiger partial charge in [0.2, 0.25) is 0 Å². The first-order valence-corrected chi connectivity index (χ1v) is 8.04. The Balaban J connectivity index is 1.60. The molecule has 2 N–H and O–H groups in total. The fraction of sp³-hybridized carbons (Fsp3) is 0.412. The molecule has 0 amide bonds. The number of aliphatic hydroxyl groups is 1. The van der Waals surface area contributed by atoms with Crippen LogP contribution in [0.25, 0.3) is 0 Å². The van der Waals surface area contributed by atoms with Crippen LogP contribution in [0, 0.1) is 11.6 Å². The standard InChI is InChI=1S/C17H20F2N4O/c18-13-6-12(7-14(19)8-13)3-4-20-16-9-17(22-11-21-16)23-5-1-2-15(23)10-24/h6-9,11,15,24H,1-5,10H2,(H,20,21,22). The van der Waals surface area contributed by atoms with E-state index in [-0.39, 0.29) is 12.6 Å². The van der Waals surface area contributed by atoms with Crippen molar-refractivity contribution in [2.45, 2.75) is 25.3 Å². The van der Waals surface area contributed by atoms with Crippen LogP contribution in [0.3, 0.4) is 0 Å². The van der Waals surface area contributed by atoms with Gasteiger partial charge in [-0.15, -0.1) is 0 Å². The topological polar surface area (TPSA) is 61.3 Å². The number of rotatable bonds is 6. The first-order valence-electron chi connectivity index (χ1n) is 8.04. The molecule has 128 valence electrons. The van der Waals surface area contributed by atoms with Gasteiger partial charge in [-0.3, -0.25) is 0 Å². The molecule has 3 rings (SSSR count). The van der Waals surface area contributed by atoms with E-state index in [1.54, 1.807) is 0 Å². The summed E-state index contributed by atoms with van der Waals surface area (Å²) in [6, 6.07) is 5.45. The van der Waals surface area contributed by atoms with E-state index < -0.39 is 11.6 Å². The van der Waals surface area contributed by atoms with Gasteiger partial charge in [0.1, 0.15) is 29.6 Å². The minimum absolute atomic E-state index is 0.100. The molecule has 0 radical (unpaired) electrons. The van der Waals surface area contributed by atoms with Crippen molar-refractivity contribution < 1.29 is 13.9 Å². The Morgan fingerprint density at radius 1 is 1.17 bits per heavy atom. The molecule has 0 bridgehead atoms. The quantitative estimate of drug-likeness (QED) is 0.849. The minimum Gasteiger partial charge on any atom is -0.394 e. The summed E-state index contributed by atoms with van der Waals surface area (Å²) in [6.45, 7) is 1.48. The molecule has 24 heavy (non-hydrogen) atoms. The zero-order valence-corrected chi connectivity index (χ0v) is 13.3. The number of nitrogens with one attached hydrogen (secondary N) is 1. The van der Waals surface area contributed by atoms with Gasteiger partial charge in [0, 0.05) is 25.2 Å². The van der Waals surface area contributed by atoms with E-state index in [4.69, 9.17) is 0 Å². The Hall–Kier alpha value is -2.28. The highest BCUT2D eigenvalue weighted by molar-refractivity contribution is 5.49. The van der Waals surface area contributed by atoms with Gasteiger partial charge in [-0.1, -0.05) is 0 Å². The van der Waals surface area contributed by atoms with E-state index in [0.29, 0.717) is 24.3 Å². The van der Waals surface area contributed by atoms with E-state index >= 15 is 0 Å². The van der Waals surface area contributed by atoms with Crippen LogP contribution in [-0.2, 0) is 6.42 Å².